The largest absolute Gasteiger partial charge is 0.497 e. The fraction of sp³-hybridized carbons (Fsp3) is 0.278. The highest BCUT2D eigenvalue weighted by Crippen LogP contribution is 2.49. The van der Waals surface area contributed by atoms with Crippen LogP contribution < -0.4 is 4.74 Å². The molecule has 3 atom stereocenters. The first-order valence-electron chi connectivity index (χ1n) is 8.60. The van der Waals surface area contributed by atoms with Crippen molar-refractivity contribution in [2.45, 2.75) is 24.6 Å². The van der Waals surface area contributed by atoms with E-state index in [1.165, 1.54) is 24.8 Å². The number of benzene rings is 1. The number of thiazole rings is 1. The maximum atomic E-state index is 15.0. The summed E-state index contributed by atoms with van der Waals surface area (Å²) in [5.41, 5.74) is 0.610. The summed E-state index contributed by atoms with van der Waals surface area (Å²) in [4.78, 5) is 5.50. The summed E-state index contributed by atoms with van der Waals surface area (Å²) in [7, 11) is 1.54. The van der Waals surface area contributed by atoms with Crippen molar-refractivity contribution in [1.82, 2.24) is 24.4 Å². The van der Waals surface area contributed by atoms with Crippen molar-refractivity contribution in [1.29, 1.82) is 0 Å². The summed E-state index contributed by atoms with van der Waals surface area (Å²) < 4.78 is 36.5. The highest BCUT2D eigenvalue weighted by Gasteiger charge is 2.44. The number of rotatable bonds is 5. The molecule has 3 heterocycles. The van der Waals surface area contributed by atoms with E-state index in [4.69, 9.17) is 4.74 Å². The minimum absolute atomic E-state index is 0.221. The molecule has 0 saturated heterocycles. The van der Waals surface area contributed by atoms with E-state index in [9.17, 15) is 9.50 Å². The van der Waals surface area contributed by atoms with Gasteiger partial charge in [0.2, 0.25) is 5.95 Å². The molecule has 28 heavy (non-hydrogen) atoms. The third kappa shape index (κ3) is 2.60. The summed E-state index contributed by atoms with van der Waals surface area (Å²) in [6.45, 7) is 0. The van der Waals surface area contributed by atoms with Crippen LogP contribution in [0.2, 0.25) is 0 Å². The van der Waals surface area contributed by atoms with Crippen molar-refractivity contribution in [2.75, 3.05) is 7.11 Å². The average molecular weight is 403 g/mol. The highest BCUT2D eigenvalue weighted by molar-refractivity contribution is 7.17. The number of halogens is 2. The fourth-order valence-electron chi connectivity index (χ4n) is 3.26. The Morgan fingerprint density at radius 3 is 2.75 bits per heavy atom. The molecule has 4 aromatic rings. The van der Waals surface area contributed by atoms with E-state index in [-0.39, 0.29) is 11.6 Å². The first-order valence-corrected chi connectivity index (χ1v) is 9.42. The van der Waals surface area contributed by atoms with Gasteiger partial charge in [0.25, 0.3) is 0 Å². The summed E-state index contributed by atoms with van der Waals surface area (Å²) in [5, 5.41) is 18.6. The lowest BCUT2D eigenvalue weighted by molar-refractivity contribution is 0.202. The molecule has 0 aliphatic heterocycles. The van der Waals surface area contributed by atoms with Crippen molar-refractivity contribution >= 4 is 16.2 Å². The summed E-state index contributed by atoms with van der Waals surface area (Å²) in [6, 6.07) is 6.61. The zero-order valence-corrected chi connectivity index (χ0v) is 15.5. The molecular weight excluding hydrogens is 388 g/mol. The smallest absolute Gasteiger partial charge is 0.242 e. The number of fused-ring (bicyclic) bond motifs is 1. The number of hydrogen-bond donors (Lipinski definition) is 1. The maximum absolute atomic E-state index is 15.0. The van der Waals surface area contributed by atoms with E-state index in [1.54, 1.807) is 34.9 Å². The number of aliphatic hydroxyl groups excluding tert-OH is 1. The van der Waals surface area contributed by atoms with Gasteiger partial charge in [-0.3, -0.25) is 4.40 Å². The molecule has 0 amide bonds. The lowest BCUT2D eigenvalue weighted by Gasteiger charge is -2.10. The van der Waals surface area contributed by atoms with E-state index in [0.29, 0.717) is 28.4 Å². The van der Waals surface area contributed by atoms with Crippen LogP contribution in [-0.4, -0.2) is 42.8 Å². The molecule has 0 radical (unpaired) electrons. The molecule has 1 aliphatic rings. The van der Waals surface area contributed by atoms with Crippen LogP contribution in [-0.2, 0) is 0 Å². The Kier molecular flexibility index (Phi) is 3.91. The Labute approximate surface area is 161 Å². The van der Waals surface area contributed by atoms with Gasteiger partial charge in [-0.25, -0.2) is 9.37 Å². The molecule has 144 valence electrons. The van der Waals surface area contributed by atoms with E-state index >= 15 is 4.39 Å². The van der Waals surface area contributed by atoms with Gasteiger partial charge in [0.15, 0.2) is 5.69 Å². The van der Waals surface area contributed by atoms with E-state index in [2.05, 4.69) is 15.3 Å². The van der Waals surface area contributed by atoms with Crippen LogP contribution in [0.5, 0.6) is 5.75 Å². The Morgan fingerprint density at radius 2 is 2.07 bits per heavy atom. The van der Waals surface area contributed by atoms with Crippen LogP contribution in [0.4, 0.5) is 8.78 Å². The number of methoxy groups -OCH3 is 1. The van der Waals surface area contributed by atoms with Crippen molar-refractivity contribution < 1.29 is 18.6 Å². The fourth-order valence-corrected chi connectivity index (χ4v) is 4.55. The molecule has 1 saturated carbocycles. The maximum Gasteiger partial charge on any atom is 0.242 e. The van der Waals surface area contributed by atoms with E-state index in [1.807, 2.05) is 0 Å². The summed E-state index contributed by atoms with van der Waals surface area (Å²) in [5.74, 6) is -0.440. The number of aromatic nitrogens is 5. The van der Waals surface area contributed by atoms with E-state index in [0.717, 1.165) is 9.51 Å². The monoisotopic (exact) mass is 403 g/mol. The van der Waals surface area contributed by atoms with Crippen molar-refractivity contribution in [2.24, 2.45) is 0 Å². The predicted octanol–water partition coefficient (Wildman–Crippen LogP) is 3.03. The predicted molar refractivity (Wildman–Crippen MR) is 97.3 cm³/mol. The zero-order valence-electron chi connectivity index (χ0n) is 14.7. The average Bonchev–Trinajstić information content (AvgIpc) is 3.05. The molecular formula is C18H15F2N5O2S. The number of nitrogens with zero attached hydrogens (tertiary/aromatic N) is 5. The molecule has 5 rings (SSSR count). The summed E-state index contributed by atoms with van der Waals surface area (Å²) >= 11 is 1.35. The molecule has 1 aromatic carbocycles. The standard InChI is InChI=1S/C18H15F2N5O2S/c1-27-10-4-2-9(3-5-10)25-18(20)14(22-23-25)16(26)15-17(11-6-12(11)19)28-13-7-21-8-24(13)15/h2-5,7-8,11-12,16,26H,6H2,1H3. The second-order valence-corrected chi connectivity index (χ2v) is 7.65. The molecule has 1 N–H and O–H groups in total. The topological polar surface area (TPSA) is 77.5 Å². The Bertz CT molecular complexity index is 1150. The molecule has 3 unspecified atom stereocenters. The Hall–Kier alpha value is -2.85. The normalized spacial score (nSPS) is 19.9. The summed E-state index contributed by atoms with van der Waals surface area (Å²) in [6.07, 6.45) is 1.22. The first kappa shape index (κ1) is 17.3. The van der Waals surface area contributed by atoms with Gasteiger partial charge in [0.05, 0.1) is 24.7 Å². The van der Waals surface area contributed by atoms with Gasteiger partial charge >= 0.3 is 0 Å². The number of alkyl halides is 1. The van der Waals surface area contributed by atoms with Gasteiger partial charge in [0.1, 0.15) is 29.2 Å². The van der Waals surface area contributed by atoms with Gasteiger partial charge in [-0.1, -0.05) is 5.21 Å². The second kappa shape index (κ2) is 6.35. The molecule has 0 spiro atoms. The quantitative estimate of drug-likeness (QED) is 0.554. The Balaban J connectivity index is 1.56. The molecule has 3 aromatic heterocycles. The van der Waals surface area contributed by atoms with Crippen LogP contribution in [0.1, 0.15) is 34.7 Å². The van der Waals surface area contributed by atoms with Crippen LogP contribution in [0, 0.1) is 5.95 Å². The van der Waals surface area contributed by atoms with Gasteiger partial charge < -0.3 is 9.84 Å². The number of imidazole rings is 1. The molecule has 7 nitrogen and oxygen atoms in total. The molecule has 0 bridgehead atoms. The number of ether oxygens (including phenoxy) is 1. The van der Waals surface area contributed by atoms with Gasteiger partial charge in [-0.05, 0) is 30.7 Å². The van der Waals surface area contributed by atoms with Gasteiger partial charge in [-0.2, -0.15) is 9.07 Å². The first-order chi connectivity index (χ1) is 13.6. The lowest BCUT2D eigenvalue weighted by Crippen LogP contribution is -2.09. The van der Waals surface area contributed by atoms with Gasteiger partial charge in [-0.15, -0.1) is 16.4 Å². The third-order valence-corrected chi connectivity index (χ3v) is 6.10. The van der Waals surface area contributed by atoms with Crippen LogP contribution >= 0.6 is 11.3 Å². The Morgan fingerprint density at radius 1 is 1.32 bits per heavy atom. The van der Waals surface area contributed by atoms with Crippen molar-refractivity contribution in [3.8, 4) is 11.4 Å². The SMILES string of the molecule is COc1ccc(-n2nnc(C(O)c3c(C4CC4F)sc4cncn34)c2F)cc1. The minimum Gasteiger partial charge on any atom is -0.497 e. The number of aliphatic hydroxyl groups is 1. The van der Waals surface area contributed by atoms with Crippen molar-refractivity contribution in [3.05, 3.63) is 59.0 Å². The zero-order chi connectivity index (χ0) is 19.4. The molecule has 1 aliphatic carbocycles. The lowest BCUT2D eigenvalue weighted by atomic mass is 10.1. The van der Waals surface area contributed by atoms with Crippen LogP contribution in [0.3, 0.4) is 0 Å². The number of hydrogen-bond acceptors (Lipinski definition) is 6. The highest BCUT2D eigenvalue weighted by atomic mass is 32.1. The second-order valence-electron chi connectivity index (χ2n) is 6.59. The van der Waals surface area contributed by atoms with Crippen molar-refractivity contribution in [3.63, 3.8) is 0 Å². The van der Waals surface area contributed by atoms with Crippen LogP contribution in [0.15, 0.2) is 36.8 Å². The van der Waals surface area contributed by atoms with Gasteiger partial charge in [0, 0.05) is 10.8 Å². The molecule has 1 fully saturated rings. The van der Waals surface area contributed by atoms with Crippen LogP contribution in [0.25, 0.3) is 10.5 Å². The molecule has 10 heteroatoms. The minimum atomic E-state index is -1.39. The van der Waals surface area contributed by atoms with E-state index < -0.39 is 18.2 Å². The third-order valence-electron chi connectivity index (χ3n) is 4.85.